The third kappa shape index (κ3) is 3.24. The van der Waals surface area contributed by atoms with Gasteiger partial charge in [0.1, 0.15) is 5.82 Å². The maximum absolute atomic E-state index is 12.0. The fraction of sp³-hybridized carbons (Fsp3) is 0.500. The lowest BCUT2D eigenvalue weighted by Gasteiger charge is -2.23. The van der Waals surface area contributed by atoms with Gasteiger partial charge in [0, 0.05) is 25.4 Å². The van der Waals surface area contributed by atoms with Gasteiger partial charge in [-0.15, -0.1) is 0 Å². The van der Waals surface area contributed by atoms with Crippen LogP contribution in [0.5, 0.6) is 0 Å². The zero-order valence-electron chi connectivity index (χ0n) is 14.4. The molecule has 0 aliphatic carbocycles. The number of fused-ring (bicyclic) bond motifs is 2. The Morgan fingerprint density at radius 3 is 3.12 bits per heavy atom. The molecule has 132 valence electrons. The van der Waals surface area contributed by atoms with Gasteiger partial charge in [-0.2, -0.15) is 5.10 Å². The summed E-state index contributed by atoms with van der Waals surface area (Å²) in [6, 6.07) is 7.97. The molecule has 1 aromatic carbocycles. The van der Waals surface area contributed by atoms with Gasteiger partial charge in [0.25, 0.3) is 0 Å². The van der Waals surface area contributed by atoms with Crippen LogP contribution in [0, 0.1) is 0 Å². The number of aryl methyl sites for hydroxylation is 3. The number of benzene rings is 1. The van der Waals surface area contributed by atoms with Gasteiger partial charge in [-0.1, -0.05) is 19.1 Å². The summed E-state index contributed by atoms with van der Waals surface area (Å²) in [5.41, 5.74) is 1.52. The van der Waals surface area contributed by atoms with Crippen LogP contribution < -0.4 is 11.1 Å². The molecule has 7 nitrogen and oxygen atoms in total. The molecule has 0 radical (unpaired) electrons. The van der Waals surface area contributed by atoms with Crippen LogP contribution in [0.1, 0.15) is 31.4 Å². The monoisotopic (exact) mass is 341 g/mol. The molecule has 0 saturated heterocycles. The summed E-state index contributed by atoms with van der Waals surface area (Å²) in [5, 5.41) is 8.13. The van der Waals surface area contributed by atoms with Crippen molar-refractivity contribution in [3.63, 3.8) is 0 Å². The highest BCUT2D eigenvalue weighted by Crippen LogP contribution is 2.14. The molecule has 1 aliphatic heterocycles. The van der Waals surface area contributed by atoms with E-state index in [1.807, 2.05) is 28.9 Å². The summed E-state index contributed by atoms with van der Waals surface area (Å²) in [7, 11) is 0. The summed E-state index contributed by atoms with van der Waals surface area (Å²) in [6.45, 7) is 4.47. The molecule has 3 aromatic rings. The molecule has 2 aromatic heterocycles. The molecule has 0 saturated carbocycles. The second-order valence-electron chi connectivity index (χ2n) is 6.51. The summed E-state index contributed by atoms with van der Waals surface area (Å²) < 4.78 is 9.01. The van der Waals surface area contributed by atoms with Crippen molar-refractivity contribution in [3.8, 4) is 0 Å². The van der Waals surface area contributed by atoms with Crippen molar-refractivity contribution in [2.24, 2.45) is 0 Å². The maximum Gasteiger partial charge on any atom is 0.419 e. The predicted octanol–water partition coefficient (Wildman–Crippen LogP) is 1.74. The Morgan fingerprint density at radius 1 is 1.36 bits per heavy atom. The summed E-state index contributed by atoms with van der Waals surface area (Å²) in [4.78, 5) is 16.5. The van der Waals surface area contributed by atoms with Gasteiger partial charge in [-0.25, -0.2) is 14.5 Å². The highest BCUT2D eigenvalue weighted by molar-refractivity contribution is 5.72. The minimum atomic E-state index is -0.279. The van der Waals surface area contributed by atoms with Crippen LogP contribution >= 0.6 is 0 Å². The van der Waals surface area contributed by atoms with E-state index in [2.05, 4.69) is 22.3 Å². The third-order valence-electron chi connectivity index (χ3n) is 4.78. The lowest BCUT2D eigenvalue weighted by molar-refractivity contribution is 0.354. The minimum Gasteiger partial charge on any atom is -0.408 e. The molecule has 1 atom stereocenters. The molecule has 1 aliphatic rings. The molecule has 25 heavy (non-hydrogen) atoms. The third-order valence-corrected chi connectivity index (χ3v) is 4.78. The van der Waals surface area contributed by atoms with Crippen molar-refractivity contribution in [2.75, 3.05) is 6.54 Å². The van der Waals surface area contributed by atoms with E-state index in [-0.39, 0.29) is 5.76 Å². The molecule has 3 heterocycles. The molecule has 0 bridgehead atoms. The zero-order chi connectivity index (χ0) is 17.2. The minimum absolute atomic E-state index is 0.279. The Hall–Kier alpha value is -2.41. The number of para-hydroxylation sites is 2. The number of nitrogens with one attached hydrogen (secondary N) is 1. The van der Waals surface area contributed by atoms with E-state index in [4.69, 9.17) is 4.42 Å². The quantitative estimate of drug-likeness (QED) is 0.691. The molecular formula is C18H23N5O2. The van der Waals surface area contributed by atoms with Crippen molar-refractivity contribution in [2.45, 2.75) is 51.7 Å². The first-order valence-corrected chi connectivity index (χ1v) is 8.99. The average molecular weight is 341 g/mol. The standard InChI is InChI=1S/C18H23N5O2/c1-2-16-20-17-9-8-13(12-23(17)21-16)19-10-5-11-22-14-6-3-4-7-15(14)25-18(22)24/h3-4,6-7,13,19H,2,5,8-12H2,1H3/t13-/m1/s1. The number of rotatable bonds is 6. The molecule has 1 N–H and O–H groups in total. The first-order chi connectivity index (χ1) is 12.2. The largest absolute Gasteiger partial charge is 0.419 e. The lowest BCUT2D eigenvalue weighted by atomic mass is 10.1. The number of oxazole rings is 1. The topological polar surface area (TPSA) is 77.9 Å². The van der Waals surface area contributed by atoms with Crippen molar-refractivity contribution in [1.29, 1.82) is 0 Å². The second-order valence-corrected chi connectivity index (χ2v) is 6.51. The van der Waals surface area contributed by atoms with E-state index < -0.39 is 0 Å². The van der Waals surface area contributed by atoms with E-state index in [9.17, 15) is 4.79 Å². The van der Waals surface area contributed by atoms with Crippen LogP contribution in [0.25, 0.3) is 11.1 Å². The van der Waals surface area contributed by atoms with E-state index in [1.54, 1.807) is 4.57 Å². The smallest absolute Gasteiger partial charge is 0.408 e. The fourth-order valence-electron chi connectivity index (χ4n) is 3.45. The predicted molar refractivity (Wildman–Crippen MR) is 94.6 cm³/mol. The number of hydrogen-bond acceptors (Lipinski definition) is 5. The van der Waals surface area contributed by atoms with Crippen LogP contribution in [0.4, 0.5) is 0 Å². The van der Waals surface area contributed by atoms with Crippen LogP contribution in [0.15, 0.2) is 33.5 Å². The lowest BCUT2D eigenvalue weighted by Crippen LogP contribution is -2.38. The van der Waals surface area contributed by atoms with E-state index in [0.717, 1.165) is 55.9 Å². The summed E-state index contributed by atoms with van der Waals surface area (Å²) in [6.07, 6.45) is 3.81. The Labute approximate surface area is 145 Å². The first kappa shape index (κ1) is 16.1. The number of hydrogen-bond donors (Lipinski definition) is 1. The highest BCUT2D eigenvalue weighted by atomic mass is 16.4. The van der Waals surface area contributed by atoms with Crippen molar-refractivity contribution < 1.29 is 4.42 Å². The second kappa shape index (κ2) is 6.84. The fourth-order valence-corrected chi connectivity index (χ4v) is 3.45. The zero-order valence-corrected chi connectivity index (χ0v) is 14.4. The Kier molecular flexibility index (Phi) is 4.40. The SMILES string of the molecule is CCc1nc2n(n1)C[C@H](NCCCn1c(=O)oc3ccccc31)CC2. The van der Waals surface area contributed by atoms with Crippen molar-refractivity contribution >= 4 is 11.1 Å². The van der Waals surface area contributed by atoms with Crippen LogP contribution in [-0.2, 0) is 25.9 Å². The normalized spacial score (nSPS) is 17.1. The molecule has 0 amide bonds. The Balaban J connectivity index is 1.31. The first-order valence-electron chi connectivity index (χ1n) is 8.99. The Bertz CT molecular complexity index is 923. The van der Waals surface area contributed by atoms with Crippen LogP contribution in [0.3, 0.4) is 0 Å². The van der Waals surface area contributed by atoms with Gasteiger partial charge in [0.05, 0.1) is 12.1 Å². The molecule has 0 spiro atoms. The van der Waals surface area contributed by atoms with Gasteiger partial charge in [-0.3, -0.25) is 4.57 Å². The highest BCUT2D eigenvalue weighted by Gasteiger charge is 2.20. The van der Waals surface area contributed by atoms with Crippen LogP contribution in [0.2, 0.25) is 0 Å². The molecule has 0 unspecified atom stereocenters. The number of nitrogens with zero attached hydrogens (tertiary/aromatic N) is 4. The molecular weight excluding hydrogens is 318 g/mol. The van der Waals surface area contributed by atoms with Gasteiger partial charge in [0.15, 0.2) is 11.4 Å². The Morgan fingerprint density at radius 2 is 2.24 bits per heavy atom. The van der Waals surface area contributed by atoms with E-state index >= 15 is 0 Å². The molecule has 7 heteroatoms. The van der Waals surface area contributed by atoms with Gasteiger partial charge in [0.2, 0.25) is 0 Å². The van der Waals surface area contributed by atoms with Crippen molar-refractivity contribution in [1.82, 2.24) is 24.6 Å². The van der Waals surface area contributed by atoms with Gasteiger partial charge in [-0.05, 0) is 31.5 Å². The summed E-state index contributed by atoms with van der Waals surface area (Å²) >= 11 is 0. The van der Waals surface area contributed by atoms with Crippen molar-refractivity contribution in [3.05, 3.63) is 46.5 Å². The molecule has 0 fully saturated rings. The molecule has 4 rings (SSSR count). The van der Waals surface area contributed by atoms with E-state index in [0.29, 0.717) is 18.2 Å². The number of aromatic nitrogens is 4. The van der Waals surface area contributed by atoms with Gasteiger partial charge >= 0.3 is 5.76 Å². The van der Waals surface area contributed by atoms with E-state index in [1.165, 1.54) is 0 Å². The average Bonchev–Trinajstić information content (AvgIpc) is 3.18. The summed E-state index contributed by atoms with van der Waals surface area (Å²) in [5.74, 6) is 1.76. The van der Waals surface area contributed by atoms with Crippen LogP contribution in [-0.4, -0.2) is 31.9 Å². The van der Waals surface area contributed by atoms with Gasteiger partial charge < -0.3 is 9.73 Å². The maximum atomic E-state index is 12.0.